The van der Waals surface area contributed by atoms with Crippen molar-refractivity contribution in [3.63, 3.8) is 0 Å². The summed E-state index contributed by atoms with van der Waals surface area (Å²) in [6, 6.07) is 7.26. The topological polar surface area (TPSA) is 70.7 Å². The number of benzene rings is 1. The van der Waals surface area contributed by atoms with Crippen LogP contribution in [0.15, 0.2) is 24.3 Å². The summed E-state index contributed by atoms with van der Waals surface area (Å²) >= 11 is 0. The number of amides is 3. The molecule has 0 aromatic heterocycles. The Morgan fingerprint density at radius 2 is 1.72 bits per heavy atom. The van der Waals surface area contributed by atoms with Crippen LogP contribution in [-0.4, -0.2) is 42.1 Å². The van der Waals surface area contributed by atoms with Gasteiger partial charge in [0.25, 0.3) is 0 Å². The van der Waals surface area contributed by atoms with Crippen LogP contribution in [0.5, 0.6) is 5.75 Å². The van der Waals surface area contributed by atoms with E-state index in [9.17, 15) is 9.59 Å². The Balaban J connectivity index is 1.41. The molecule has 6 heteroatoms. The van der Waals surface area contributed by atoms with Crippen molar-refractivity contribution >= 4 is 17.6 Å². The molecule has 1 aliphatic heterocycles. The summed E-state index contributed by atoms with van der Waals surface area (Å²) in [4.78, 5) is 26.1. The fraction of sp³-hybridized carbons (Fsp3) is 0.579. The molecular formula is C19H27N3O3. The van der Waals surface area contributed by atoms with E-state index in [1.807, 2.05) is 43.0 Å². The van der Waals surface area contributed by atoms with Gasteiger partial charge < -0.3 is 20.3 Å². The molecular weight excluding hydrogens is 318 g/mol. The second kappa shape index (κ2) is 7.76. The summed E-state index contributed by atoms with van der Waals surface area (Å²) in [5, 5.41) is 5.85. The van der Waals surface area contributed by atoms with E-state index < -0.39 is 0 Å². The molecule has 2 N–H and O–H groups in total. The van der Waals surface area contributed by atoms with E-state index in [2.05, 4.69) is 10.6 Å². The van der Waals surface area contributed by atoms with Gasteiger partial charge in [0.2, 0.25) is 5.91 Å². The number of anilines is 1. The number of nitrogens with zero attached hydrogens (tertiary/aromatic N) is 1. The second-order valence-corrected chi connectivity index (χ2v) is 7.16. The zero-order valence-corrected chi connectivity index (χ0v) is 15.0. The number of rotatable bonds is 5. The van der Waals surface area contributed by atoms with E-state index in [-0.39, 0.29) is 24.1 Å². The molecule has 0 bridgehead atoms. The van der Waals surface area contributed by atoms with Crippen molar-refractivity contribution in [2.75, 3.05) is 18.4 Å². The van der Waals surface area contributed by atoms with Crippen LogP contribution in [0.1, 0.15) is 39.5 Å². The predicted octanol–water partition coefficient (Wildman–Crippen LogP) is 3.00. The Bertz CT molecular complexity index is 603. The zero-order valence-electron chi connectivity index (χ0n) is 15.0. The molecule has 1 heterocycles. The first-order valence-electron chi connectivity index (χ1n) is 9.14. The Morgan fingerprint density at radius 3 is 2.28 bits per heavy atom. The Kier molecular flexibility index (Phi) is 5.46. The molecule has 0 atom stereocenters. The SMILES string of the molecule is CC(C)Oc1ccc(NC(=O)NC2CCN(C(=O)C3CC3)CC2)cc1. The van der Waals surface area contributed by atoms with Gasteiger partial charge in [-0.1, -0.05) is 0 Å². The molecule has 0 spiro atoms. The first-order chi connectivity index (χ1) is 12.0. The van der Waals surface area contributed by atoms with Gasteiger partial charge in [-0.15, -0.1) is 0 Å². The Hall–Kier alpha value is -2.24. The highest BCUT2D eigenvalue weighted by Gasteiger charge is 2.35. The lowest BCUT2D eigenvalue weighted by Crippen LogP contribution is -2.47. The van der Waals surface area contributed by atoms with Crippen molar-refractivity contribution in [3.05, 3.63) is 24.3 Å². The maximum atomic E-state index is 12.1. The van der Waals surface area contributed by atoms with Crippen LogP contribution in [0.4, 0.5) is 10.5 Å². The molecule has 25 heavy (non-hydrogen) atoms. The average Bonchev–Trinajstić information content (AvgIpc) is 3.41. The third-order valence-electron chi connectivity index (χ3n) is 4.55. The number of piperidine rings is 1. The summed E-state index contributed by atoms with van der Waals surface area (Å²) < 4.78 is 5.59. The highest BCUT2D eigenvalue weighted by atomic mass is 16.5. The lowest BCUT2D eigenvalue weighted by Gasteiger charge is -2.32. The van der Waals surface area contributed by atoms with E-state index in [1.54, 1.807) is 0 Å². The quantitative estimate of drug-likeness (QED) is 0.862. The smallest absolute Gasteiger partial charge is 0.319 e. The highest BCUT2D eigenvalue weighted by Crippen LogP contribution is 2.31. The maximum absolute atomic E-state index is 12.1. The predicted molar refractivity (Wildman–Crippen MR) is 96.7 cm³/mol. The minimum absolute atomic E-state index is 0.117. The molecule has 0 unspecified atom stereocenters. The summed E-state index contributed by atoms with van der Waals surface area (Å²) in [7, 11) is 0. The van der Waals surface area contributed by atoms with Crippen LogP contribution in [0.3, 0.4) is 0 Å². The minimum atomic E-state index is -0.204. The standard InChI is InChI=1S/C19H27N3O3/c1-13(2)25-17-7-5-15(6-8-17)20-19(24)21-16-9-11-22(12-10-16)18(23)14-3-4-14/h5-8,13-14,16H,3-4,9-12H2,1-2H3,(H2,20,21,24). The largest absolute Gasteiger partial charge is 0.491 e. The van der Waals surface area contributed by atoms with Crippen molar-refractivity contribution in [1.29, 1.82) is 0 Å². The number of urea groups is 1. The molecule has 1 aromatic carbocycles. The van der Waals surface area contributed by atoms with E-state index >= 15 is 0 Å². The van der Waals surface area contributed by atoms with Crippen LogP contribution >= 0.6 is 0 Å². The molecule has 1 saturated heterocycles. The van der Waals surface area contributed by atoms with Gasteiger partial charge in [-0.2, -0.15) is 0 Å². The molecule has 3 amide bonds. The number of hydrogen-bond acceptors (Lipinski definition) is 3. The fourth-order valence-corrected chi connectivity index (χ4v) is 3.07. The number of ether oxygens (including phenoxy) is 1. The van der Waals surface area contributed by atoms with Gasteiger partial charge in [-0.3, -0.25) is 4.79 Å². The summed E-state index contributed by atoms with van der Waals surface area (Å²) in [6.45, 7) is 5.43. The lowest BCUT2D eigenvalue weighted by molar-refractivity contribution is -0.133. The van der Waals surface area contributed by atoms with Crippen LogP contribution in [0, 0.1) is 5.92 Å². The van der Waals surface area contributed by atoms with Crippen LogP contribution in [-0.2, 0) is 4.79 Å². The fourth-order valence-electron chi connectivity index (χ4n) is 3.07. The van der Waals surface area contributed by atoms with Crippen molar-refractivity contribution in [1.82, 2.24) is 10.2 Å². The highest BCUT2D eigenvalue weighted by molar-refractivity contribution is 5.89. The zero-order chi connectivity index (χ0) is 17.8. The molecule has 2 aliphatic rings. The van der Waals surface area contributed by atoms with Gasteiger partial charge >= 0.3 is 6.03 Å². The van der Waals surface area contributed by atoms with Gasteiger partial charge in [0.15, 0.2) is 0 Å². The molecule has 1 aliphatic carbocycles. The second-order valence-electron chi connectivity index (χ2n) is 7.16. The van der Waals surface area contributed by atoms with Gasteiger partial charge in [0, 0.05) is 30.7 Å². The molecule has 136 valence electrons. The van der Waals surface area contributed by atoms with E-state index in [4.69, 9.17) is 4.74 Å². The summed E-state index contributed by atoms with van der Waals surface area (Å²) in [5.74, 6) is 1.36. The lowest BCUT2D eigenvalue weighted by atomic mass is 10.0. The van der Waals surface area contributed by atoms with Gasteiger partial charge in [-0.05, 0) is 63.8 Å². The average molecular weight is 345 g/mol. The Labute approximate surface area is 148 Å². The first-order valence-corrected chi connectivity index (χ1v) is 9.14. The van der Waals surface area contributed by atoms with Crippen molar-refractivity contribution in [2.24, 2.45) is 5.92 Å². The Morgan fingerprint density at radius 1 is 1.08 bits per heavy atom. The summed E-state index contributed by atoms with van der Waals surface area (Å²) in [5.41, 5.74) is 0.731. The monoisotopic (exact) mass is 345 g/mol. The van der Waals surface area contributed by atoms with Gasteiger partial charge in [-0.25, -0.2) is 4.79 Å². The van der Waals surface area contributed by atoms with Crippen LogP contribution < -0.4 is 15.4 Å². The molecule has 1 saturated carbocycles. The third-order valence-corrected chi connectivity index (χ3v) is 4.55. The number of hydrogen-bond donors (Lipinski definition) is 2. The molecule has 2 fully saturated rings. The van der Waals surface area contributed by atoms with E-state index in [0.717, 1.165) is 50.2 Å². The van der Waals surface area contributed by atoms with Crippen LogP contribution in [0.25, 0.3) is 0 Å². The molecule has 3 rings (SSSR count). The number of carbonyl (C=O) groups excluding carboxylic acids is 2. The number of carbonyl (C=O) groups is 2. The summed E-state index contributed by atoms with van der Waals surface area (Å²) in [6.07, 6.45) is 3.83. The van der Waals surface area contributed by atoms with Gasteiger partial charge in [0.05, 0.1) is 6.10 Å². The first kappa shape index (κ1) is 17.6. The third kappa shape index (κ3) is 5.11. The van der Waals surface area contributed by atoms with Crippen LogP contribution in [0.2, 0.25) is 0 Å². The normalized spacial score (nSPS) is 18.1. The van der Waals surface area contributed by atoms with Crippen molar-refractivity contribution < 1.29 is 14.3 Å². The van der Waals surface area contributed by atoms with Crippen molar-refractivity contribution in [3.8, 4) is 5.75 Å². The van der Waals surface area contributed by atoms with Gasteiger partial charge in [0.1, 0.15) is 5.75 Å². The molecule has 1 aromatic rings. The van der Waals surface area contributed by atoms with E-state index in [1.165, 1.54) is 0 Å². The molecule has 0 radical (unpaired) electrons. The maximum Gasteiger partial charge on any atom is 0.319 e. The number of likely N-dealkylation sites (tertiary alicyclic amines) is 1. The van der Waals surface area contributed by atoms with Crippen molar-refractivity contribution in [2.45, 2.75) is 51.7 Å². The minimum Gasteiger partial charge on any atom is -0.491 e. The van der Waals surface area contributed by atoms with E-state index in [0.29, 0.717) is 5.91 Å². The number of nitrogens with one attached hydrogen (secondary N) is 2. The molecule has 6 nitrogen and oxygen atoms in total.